The first kappa shape index (κ1) is 19.1. The average Bonchev–Trinajstić information content (AvgIpc) is 3.03. The third-order valence-electron chi connectivity index (χ3n) is 5.19. The maximum Gasteiger partial charge on any atom is 0.257 e. The molecule has 3 heterocycles. The molecule has 1 unspecified atom stereocenters. The number of para-hydroxylation sites is 1. The van der Waals surface area contributed by atoms with Crippen LogP contribution in [0.4, 0.5) is 11.6 Å². The van der Waals surface area contributed by atoms with E-state index in [-0.39, 0.29) is 16.2 Å². The monoisotopic (exact) mass is 455 g/mol. The van der Waals surface area contributed by atoms with Crippen LogP contribution >= 0.6 is 35.4 Å². The van der Waals surface area contributed by atoms with Crippen LogP contribution in [0, 0.1) is 11.7 Å². The van der Waals surface area contributed by atoms with Crippen LogP contribution in [-0.2, 0) is 0 Å². The summed E-state index contributed by atoms with van der Waals surface area (Å²) in [4.78, 5) is 18.7. The van der Waals surface area contributed by atoms with E-state index < -0.39 is 0 Å². The minimum Gasteiger partial charge on any atom is -0.326 e. The third-order valence-corrected chi connectivity index (χ3v) is 5.97. The van der Waals surface area contributed by atoms with Crippen molar-refractivity contribution in [3.05, 3.63) is 96.1 Å². The minimum absolute atomic E-state index is 0.241. The molecule has 0 spiro atoms. The fraction of sp³-hybridized carbons (Fsp3) is 0.0952. The third kappa shape index (κ3) is 2.98. The summed E-state index contributed by atoms with van der Waals surface area (Å²) in [6, 6.07) is 14.9. The van der Waals surface area contributed by atoms with Crippen molar-refractivity contribution >= 4 is 47.1 Å². The molecule has 1 aliphatic heterocycles. The Bertz CT molecular complexity index is 1400. The molecule has 3 N–H and O–H groups in total. The van der Waals surface area contributed by atoms with E-state index in [4.69, 9.17) is 40.5 Å². The van der Waals surface area contributed by atoms with Crippen LogP contribution in [0.3, 0.4) is 0 Å². The lowest BCUT2D eigenvalue weighted by molar-refractivity contribution is 0.863. The summed E-state index contributed by atoms with van der Waals surface area (Å²) in [7, 11) is 0. The normalized spacial score (nSPS) is 14.7. The molecule has 6 nitrogen and oxygen atoms in total. The number of benzene rings is 2. The Morgan fingerprint density at radius 2 is 1.77 bits per heavy atom. The Kier molecular flexibility index (Phi) is 4.54. The van der Waals surface area contributed by atoms with Gasteiger partial charge in [0, 0.05) is 16.5 Å². The van der Waals surface area contributed by atoms with Gasteiger partial charge in [-0.25, -0.2) is 4.68 Å². The molecule has 0 bridgehead atoms. The lowest BCUT2D eigenvalue weighted by Gasteiger charge is -2.27. The molecular weight excluding hydrogens is 441 g/mol. The van der Waals surface area contributed by atoms with Gasteiger partial charge in [-0.2, -0.15) is 5.10 Å². The highest BCUT2D eigenvalue weighted by Crippen LogP contribution is 2.45. The lowest BCUT2D eigenvalue weighted by Crippen LogP contribution is -2.26. The van der Waals surface area contributed by atoms with E-state index >= 15 is 0 Å². The maximum atomic E-state index is 12.9. The first-order chi connectivity index (χ1) is 14.4. The standard InChI is InChI=1S/C21H15Cl2N5OS/c1-10-15-16(11-6-8-12(22)9-7-11)17-18(25-21(30)26-20(17)29)24-19(15)28(27-10)14-5-3-2-4-13(14)23/h2-9,16H,1H3,(H3,24,25,26,29,30). The van der Waals surface area contributed by atoms with Crippen molar-refractivity contribution in [2.75, 3.05) is 5.32 Å². The van der Waals surface area contributed by atoms with Crippen molar-refractivity contribution in [2.24, 2.45) is 0 Å². The molecule has 0 aliphatic carbocycles. The number of fused-ring (bicyclic) bond motifs is 2. The number of rotatable bonds is 2. The molecule has 0 amide bonds. The van der Waals surface area contributed by atoms with E-state index in [0.717, 1.165) is 28.3 Å². The molecule has 0 fully saturated rings. The lowest BCUT2D eigenvalue weighted by atomic mass is 9.83. The molecule has 0 radical (unpaired) electrons. The number of aryl methyl sites for hydroxylation is 1. The molecule has 4 aromatic rings. The number of aromatic amines is 2. The van der Waals surface area contributed by atoms with E-state index in [0.29, 0.717) is 21.4 Å². The molecule has 9 heteroatoms. The highest BCUT2D eigenvalue weighted by molar-refractivity contribution is 7.71. The van der Waals surface area contributed by atoms with Crippen molar-refractivity contribution in [3.8, 4) is 5.69 Å². The number of halogens is 2. The molecule has 2 aromatic heterocycles. The van der Waals surface area contributed by atoms with Crippen LogP contribution in [0.1, 0.15) is 28.3 Å². The van der Waals surface area contributed by atoms with Crippen LogP contribution in [0.15, 0.2) is 53.3 Å². The van der Waals surface area contributed by atoms with Gasteiger partial charge in [-0.15, -0.1) is 0 Å². The summed E-state index contributed by atoms with van der Waals surface area (Å²) < 4.78 is 2.00. The number of nitrogens with zero attached hydrogens (tertiary/aromatic N) is 2. The zero-order valence-electron chi connectivity index (χ0n) is 15.7. The van der Waals surface area contributed by atoms with Gasteiger partial charge in [-0.3, -0.25) is 9.78 Å². The molecular formula is C21H15Cl2N5OS. The predicted octanol–water partition coefficient (Wildman–Crippen LogP) is 5.47. The molecule has 5 rings (SSSR count). The number of H-pyrrole nitrogens is 2. The predicted molar refractivity (Wildman–Crippen MR) is 121 cm³/mol. The van der Waals surface area contributed by atoms with Gasteiger partial charge in [0.2, 0.25) is 0 Å². The Morgan fingerprint density at radius 3 is 2.50 bits per heavy atom. The molecule has 0 saturated carbocycles. The molecule has 0 saturated heterocycles. The van der Waals surface area contributed by atoms with Crippen molar-refractivity contribution < 1.29 is 0 Å². The van der Waals surface area contributed by atoms with E-state index in [1.807, 2.05) is 55.5 Å². The van der Waals surface area contributed by atoms with Crippen LogP contribution in [0.5, 0.6) is 0 Å². The van der Waals surface area contributed by atoms with Crippen LogP contribution in [0.2, 0.25) is 10.0 Å². The highest BCUT2D eigenvalue weighted by Gasteiger charge is 2.35. The Hall–Kier alpha value is -2.87. The van der Waals surface area contributed by atoms with E-state index in [1.165, 1.54) is 0 Å². The minimum atomic E-state index is -0.361. The summed E-state index contributed by atoms with van der Waals surface area (Å²) >= 11 is 17.8. The van der Waals surface area contributed by atoms with Gasteiger partial charge in [0.25, 0.3) is 5.56 Å². The fourth-order valence-electron chi connectivity index (χ4n) is 3.92. The summed E-state index contributed by atoms with van der Waals surface area (Å²) in [5.74, 6) is 0.897. The number of anilines is 2. The quantitative estimate of drug-likeness (QED) is 0.308. The van der Waals surface area contributed by atoms with Crippen molar-refractivity contribution in [1.82, 2.24) is 19.7 Å². The second-order valence-electron chi connectivity index (χ2n) is 7.02. The zero-order chi connectivity index (χ0) is 21.0. The number of hydrogen-bond acceptors (Lipinski definition) is 4. The summed E-state index contributed by atoms with van der Waals surface area (Å²) in [6.45, 7) is 1.92. The summed E-state index contributed by atoms with van der Waals surface area (Å²) in [5.41, 5.74) is 3.61. The van der Waals surface area contributed by atoms with E-state index in [1.54, 1.807) is 4.68 Å². The topological polar surface area (TPSA) is 78.5 Å². The Morgan fingerprint density at radius 1 is 1.03 bits per heavy atom. The zero-order valence-corrected chi connectivity index (χ0v) is 18.0. The van der Waals surface area contributed by atoms with E-state index in [9.17, 15) is 4.79 Å². The number of nitrogens with one attached hydrogen (secondary N) is 3. The first-order valence-electron chi connectivity index (χ1n) is 9.17. The van der Waals surface area contributed by atoms with Gasteiger partial charge in [-0.1, -0.05) is 47.5 Å². The second-order valence-corrected chi connectivity index (χ2v) is 8.27. The smallest absolute Gasteiger partial charge is 0.257 e. The average molecular weight is 456 g/mol. The fourth-order valence-corrected chi connectivity index (χ4v) is 4.46. The summed E-state index contributed by atoms with van der Waals surface area (Å²) in [5, 5.41) is 9.26. The SMILES string of the molecule is Cc1nn(-c2ccccc2Cl)c2c1C(c1ccc(Cl)cc1)c1c([nH]c(=S)[nH]c1=O)N2. The van der Waals surface area contributed by atoms with Crippen molar-refractivity contribution in [2.45, 2.75) is 12.8 Å². The maximum absolute atomic E-state index is 12.9. The molecule has 1 atom stereocenters. The molecule has 2 aromatic carbocycles. The van der Waals surface area contributed by atoms with Crippen LogP contribution < -0.4 is 10.9 Å². The van der Waals surface area contributed by atoms with Gasteiger partial charge in [0.1, 0.15) is 11.6 Å². The van der Waals surface area contributed by atoms with Crippen LogP contribution in [0.25, 0.3) is 5.69 Å². The second kappa shape index (κ2) is 7.12. The Balaban J connectivity index is 1.83. The molecule has 150 valence electrons. The largest absolute Gasteiger partial charge is 0.326 e. The van der Waals surface area contributed by atoms with Gasteiger partial charge >= 0.3 is 0 Å². The van der Waals surface area contributed by atoms with E-state index in [2.05, 4.69) is 15.3 Å². The van der Waals surface area contributed by atoms with Crippen molar-refractivity contribution in [3.63, 3.8) is 0 Å². The number of hydrogen-bond donors (Lipinski definition) is 3. The number of aromatic nitrogens is 4. The van der Waals surface area contributed by atoms with Gasteiger partial charge in [-0.05, 0) is 49.0 Å². The van der Waals surface area contributed by atoms with Gasteiger partial charge in [0.15, 0.2) is 4.77 Å². The molecule has 30 heavy (non-hydrogen) atoms. The summed E-state index contributed by atoms with van der Waals surface area (Å²) in [6.07, 6.45) is 0. The van der Waals surface area contributed by atoms with Gasteiger partial charge < -0.3 is 10.3 Å². The van der Waals surface area contributed by atoms with Gasteiger partial charge in [0.05, 0.1) is 22.0 Å². The highest BCUT2D eigenvalue weighted by atomic mass is 35.5. The Labute approximate surface area is 186 Å². The first-order valence-corrected chi connectivity index (χ1v) is 10.3. The van der Waals surface area contributed by atoms with Crippen LogP contribution in [-0.4, -0.2) is 19.7 Å². The van der Waals surface area contributed by atoms with Crippen molar-refractivity contribution in [1.29, 1.82) is 0 Å². The molecule has 1 aliphatic rings.